The summed E-state index contributed by atoms with van der Waals surface area (Å²) in [7, 11) is -3.61. The maximum Gasteiger partial charge on any atom is 0.219 e. The van der Waals surface area contributed by atoms with Crippen LogP contribution in [0.3, 0.4) is 0 Å². The highest BCUT2D eigenvalue weighted by Gasteiger charge is 2.43. The van der Waals surface area contributed by atoms with Crippen LogP contribution in [0, 0.1) is 18.2 Å². The Morgan fingerprint density at radius 2 is 1.90 bits per heavy atom. The minimum atomic E-state index is -3.61. The Morgan fingerprint density at radius 1 is 1.25 bits per heavy atom. The lowest BCUT2D eigenvalue weighted by atomic mass is 10.0. The van der Waals surface area contributed by atoms with Gasteiger partial charge in [0.2, 0.25) is 10.0 Å². The third kappa shape index (κ3) is 2.59. The number of benzene rings is 1. The predicted octanol–water partition coefficient (Wildman–Crippen LogP) is 3.39. The zero-order valence-electron chi connectivity index (χ0n) is 11.7. The molecule has 1 aliphatic rings. The zero-order chi connectivity index (χ0) is 15.1. The van der Waals surface area contributed by atoms with Gasteiger partial charge in [0.05, 0.1) is 10.8 Å². The Morgan fingerprint density at radius 3 is 2.50 bits per heavy atom. The van der Waals surface area contributed by atoms with Gasteiger partial charge in [0.15, 0.2) is 0 Å². The van der Waals surface area contributed by atoms with Gasteiger partial charge in [-0.3, -0.25) is 0 Å². The normalized spacial score (nSPS) is 21.4. The van der Waals surface area contributed by atoms with Crippen LogP contribution in [0.2, 0.25) is 0 Å². The first-order chi connectivity index (χ1) is 9.14. The molecule has 3 nitrogen and oxygen atoms in total. The van der Waals surface area contributed by atoms with Gasteiger partial charge in [-0.1, -0.05) is 0 Å². The average Bonchev–Trinajstić information content (AvgIpc) is 2.80. The van der Waals surface area contributed by atoms with Gasteiger partial charge in [-0.2, -0.15) is 4.31 Å². The lowest BCUT2D eigenvalue weighted by Gasteiger charge is -2.31. The summed E-state index contributed by atoms with van der Waals surface area (Å²) in [6.07, 6.45) is 0.978. The summed E-state index contributed by atoms with van der Waals surface area (Å²) in [6.45, 7) is 6.32. The topological polar surface area (TPSA) is 37.4 Å². The molecule has 1 atom stereocenters. The van der Waals surface area contributed by atoms with E-state index in [1.165, 1.54) is 4.31 Å². The Labute approximate surface area is 118 Å². The Balaban J connectivity index is 2.45. The molecular weight excluding hydrogens is 284 g/mol. The standard InChI is InChI=1S/C14H18F2NO2S/c1-14(2,3)20(18,19)17-8-4-5-13(17)11-9-10(15)6-7-12(11)16/h6-9,13H,4-5H2,1-3H3/t13-/m1/s1. The lowest BCUT2D eigenvalue weighted by molar-refractivity contribution is 0.396. The van der Waals surface area contributed by atoms with Gasteiger partial charge in [-0.15, -0.1) is 0 Å². The molecule has 1 radical (unpaired) electrons. The summed E-state index contributed by atoms with van der Waals surface area (Å²) in [6, 6.07) is 2.46. The monoisotopic (exact) mass is 302 g/mol. The first kappa shape index (κ1) is 15.4. The first-order valence-electron chi connectivity index (χ1n) is 6.46. The highest BCUT2D eigenvalue weighted by Crippen LogP contribution is 2.40. The van der Waals surface area contributed by atoms with Crippen LogP contribution in [0.4, 0.5) is 8.78 Å². The maximum absolute atomic E-state index is 13.9. The Bertz CT molecular complexity index is 608. The highest BCUT2D eigenvalue weighted by atomic mass is 32.2. The predicted molar refractivity (Wildman–Crippen MR) is 73.1 cm³/mol. The molecule has 1 aromatic carbocycles. The van der Waals surface area contributed by atoms with Crippen molar-refractivity contribution in [3.05, 3.63) is 41.9 Å². The summed E-state index contributed by atoms with van der Waals surface area (Å²) in [4.78, 5) is 0. The molecule has 2 rings (SSSR count). The minimum Gasteiger partial charge on any atom is -0.212 e. The number of hydrogen-bond donors (Lipinski definition) is 0. The summed E-state index contributed by atoms with van der Waals surface area (Å²) >= 11 is 0. The molecule has 20 heavy (non-hydrogen) atoms. The molecule has 0 amide bonds. The number of nitrogens with zero attached hydrogens (tertiary/aromatic N) is 1. The fourth-order valence-electron chi connectivity index (χ4n) is 2.26. The summed E-state index contributed by atoms with van der Waals surface area (Å²) in [5.41, 5.74) is 0.0894. The molecular formula is C14H18F2NO2S. The van der Waals surface area contributed by atoms with Crippen LogP contribution >= 0.6 is 0 Å². The summed E-state index contributed by atoms with van der Waals surface area (Å²) < 4.78 is 52.4. The fourth-order valence-corrected chi connectivity index (χ4v) is 3.75. The van der Waals surface area contributed by atoms with Crippen molar-refractivity contribution < 1.29 is 17.2 Å². The molecule has 0 aliphatic carbocycles. The van der Waals surface area contributed by atoms with E-state index in [1.54, 1.807) is 27.3 Å². The van der Waals surface area contributed by atoms with E-state index in [0.717, 1.165) is 18.2 Å². The van der Waals surface area contributed by atoms with Gasteiger partial charge in [0.25, 0.3) is 0 Å². The molecule has 1 saturated heterocycles. The second kappa shape index (κ2) is 5.07. The van der Waals surface area contributed by atoms with Crippen LogP contribution in [0.1, 0.15) is 45.2 Å². The van der Waals surface area contributed by atoms with Crippen LogP contribution < -0.4 is 0 Å². The van der Waals surface area contributed by atoms with E-state index < -0.39 is 32.4 Å². The smallest absolute Gasteiger partial charge is 0.212 e. The minimum absolute atomic E-state index is 0.0894. The molecule has 0 N–H and O–H groups in total. The van der Waals surface area contributed by atoms with Crippen LogP contribution in [-0.2, 0) is 10.0 Å². The second-order valence-electron chi connectivity index (χ2n) is 5.89. The summed E-state index contributed by atoms with van der Waals surface area (Å²) in [5, 5.41) is 0. The van der Waals surface area contributed by atoms with Crippen molar-refractivity contribution in [3.63, 3.8) is 0 Å². The molecule has 0 aromatic heterocycles. The number of halogens is 2. The van der Waals surface area contributed by atoms with Crippen molar-refractivity contribution in [3.8, 4) is 0 Å². The van der Waals surface area contributed by atoms with Gasteiger partial charge in [0, 0.05) is 12.1 Å². The largest absolute Gasteiger partial charge is 0.219 e. The number of sulfonamides is 1. The molecule has 0 spiro atoms. The molecule has 0 bridgehead atoms. The van der Waals surface area contributed by atoms with Crippen LogP contribution in [0.5, 0.6) is 0 Å². The van der Waals surface area contributed by atoms with Crippen molar-refractivity contribution >= 4 is 10.0 Å². The Hall–Kier alpha value is -1.01. The van der Waals surface area contributed by atoms with Crippen LogP contribution in [-0.4, -0.2) is 17.5 Å². The van der Waals surface area contributed by atoms with Gasteiger partial charge >= 0.3 is 0 Å². The SMILES string of the molecule is CC(C)(C)S(=O)(=O)N1[CH]CC[C@@H]1c1cc(F)ccc1F. The molecule has 1 aromatic rings. The molecule has 1 aliphatic heterocycles. The van der Waals surface area contributed by atoms with E-state index in [-0.39, 0.29) is 5.56 Å². The quantitative estimate of drug-likeness (QED) is 0.839. The lowest BCUT2D eigenvalue weighted by Crippen LogP contribution is -2.41. The average molecular weight is 302 g/mol. The van der Waals surface area contributed by atoms with E-state index in [0.29, 0.717) is 12.8 Å². The highest BCUT2D eigenvalue weighted by molar-refractivity contribution is 7.90. The van der Waals surface area contributed by atoms with Crippen molar-refractivity contribution in [2.45, 2.75) is 44.4 Å². The van der Waals surface area contributed by atoms with E-state index >= 15 is 0 Å². The van der Waals surface area contributed by atoms with Crippen molar-refractivity contribution in [1.29, 1.82) is 0 Å². The van der Waals surface area contributed by atoms with Gasteiger partial charge < -0.3 is 0 Å². The van der Waals surface area contributed by atoms with Gasteiger partial charge in [0.1, 0.15) is 11.6 Å². The Kier molecular flexibility index (Phi) is 3.90. The molecule has 1 fully saturated rings. The maximum atomic E-state index is 13.9. The fraction of sp³-hybridized carbons (Fsp3) is 0.500. The van der Waals surface area contributed by atoms with Crippen molar-refractivity contribution in [2.75, 3.05) is 0 Å². The van der Waals surface area contributed by atoms with Crippen LogP contribution in [0.25, 0.3) is 0 Å². The zero-order valence-corrected chi connectivity index (χ0v) is 12.5. The van der Waals surface area contributed by atoms with E-state index in [2.05, 4.69) is 0 Å². The molecule has 0 unspecified atom stereocenters. The number of rotatable bonds is 2. The van der Waals surface area contributed by atoms with E-state index in [9.17, 15) is 17.2 Å². The van der Waals surface area contributed by atoms with Crippen molar-refractivity contribution in [2.24, 2.45) is 0 Å². The van der Waals surface area contributed by atoms with Gasteiger partial charge in [-0.25, -0.2) is 17.2 Å². The third-order valence-corrected chi connectivity index (χ3v) is 5.93. The second-order valence-corrected chi connectivity index (χ2v) is 8.49. The first-order valence-corrected chi connectivity index (χ1v) is 7.90. The molecule has 111 valence electrons. The molecule has 0 saturated carbocycles. The molecule has 6 heteroatoms. The van der Waals surface area contributed by atoms with Crippen LogP contribution in [0.15, 0.2) is 18.2 Å². The van der Waals surface area contributed by atoms with Crippen molar-refractivity contribution in [1.82, 2.24) is 4.31 Å². The van der Waals surface area contributed by atoms with E-state index in [1.807, 2.05) is 0 Å². The van der Waals surface area contributed by atoms with E-state index in [4.69, 9.17) is 0 Å². The van der Waals surface area contributed by atoms with Gasteiger partial charge in [-0.05, 0) is 51.8 Å². The number of hydrogen-bond acceptors (Lipinski definition) is 2. The third-order valence-electron chi connectivity index (χ3n) is 3.42. The summed E-state index contributed by atoms with van der Waals surface area (Å²) in [5.74, 6) is -1.15. The molecule has 1 heterocycles.